The van der Waals surface area contributed by atoms with Crippen molar-refractivity contribution in [2.75, 3.05) is 0 Å². The maximum Gasteiger partial charge on any atom is 0.352 e. The van der Waals surface area contributed by atoms with Crippen LogP contribution >= 0.6 is 0 Å². The second-order valence-corrected chi connectivity index (χ2v) is 4.91. The van der Waals surface area contributed by atoms with Gasteiger partial charge in [-0.1, -0.05) is 13.3 Å². The first-order valence-electron chi connectivity index (χ1n) is 6.19. The Bertz CT molecular complexity index is 505. The minimum atomic E-state index is -1.03. The number of aromatic nitrogens is 1. The van der Waals surface area contributed by atoms with Gasteiger partial charge in [0, 0.05) is 11.7 Å². The summed E-state index contributed by atoms with van der Waals surface area (Å²) in [6, 6.07) is 0.254. The van der Waals surface area contributed by atoms with E-state index in [0.29, 0.717) is 22.7 Å². The predicted octanol–water partition coefficient (Wildman–Crippen LogP) is 1.86. The van der Waals surface area contributed by atoms with Crippen molar-refractivity contribution in [2.45, 2.75) is 39.7 Å². The Morgan fingerprint density at radius 1 is 1.44 bits per heavy atom. The van der Waals surface area contributed by atoms with E-state index in [1.54, 1.807) is 13.8 Å². The summed E-state index contributed by atoms with van der Waals surface area (Å²) in [7, 11) is 0. The van der Waals surface area contributed by atoms with Crippen LogP contribution < -0.4 is 5.32 Å². The molecule has 1 aromatic heterocycles. The largest absolute Gasteiger partial charge is 0.477 e. The molecule has 1 aliphatic rings. The van der Waals surface area contributed by atoms with Crippen LogP contribution in [0.5, 0.6) is 0 Å². The number of carbonyl (C=O) groups excluding carboxylic acids is 1. The summed E-state index contributed by atoms with van der Waals surface area (Å²) in [6.45, 7) is 5.48. The molecule has 1 heterocycles. The number of aromatic amines is 1. The predicted molar refractivity (Wildman–Crippen MR) is 66.9 cm³/mol. The van der Waals surface area contributed by atoms with E-state index in [9.17, 15) is 9.59 Å². The average Bonchev–Trinajstić information content (AvgIpc) is 2.96. The molecule has 1 aromatic rings. The Balaban J connectivity index is 2.18. The molecule has 0 aliphatic heterocycles. The van der Waals surface area contributed by atoms with Crippen LogP contribution in [-0.4, -0.2) is 28.0 Å². The zero-order valence-corrected chi connectivity index (χ0v) is 10.8. The van der Waals surface area contributed by atoms with Crippen LogP contribution in [0.15, 0.2) is 0 Å². The molecule has 3 N–H and O–H groups in total. The molecule has 1 amide bonds. The van der Waals surface area contributed by atoms with Gasteiger partial charge in [0.25, 0.3) is 5.91 Å². The lowest BCUT2D eigenvalue weighted by atomic mass is 10.1. The number of rotatable bonds is 4. The minimum Gasteiger partial charge on any atom is -0.477 e. The number of aryl methyl sites for hydroxylation is 1. The number of hydrogen-bond acceptors (Lipinski definition) is 2. The average molecular weight is 250 g/mol. The molecule has 0 bridgehead atoms. The normalized spacial score (nSPS) is 21.7. The first-order valence-corrected chi connectivity index (χ1v) is 6.19. The Morgan fingerprint density at radius 2 is 2.11 bits per heavy atom. The molecular weight excluding hydrogens is 232 g/mol. The fourth-order valence-electron chi connectivity index (χ4n) is 2.42. The lowest BCUT2D eigenvalue weighted by Crippen LogP contribution is -2.27. The highest BCUT2D eigenvalue weighted by atomic mass is 16.4. The number of carboxylic acids is 1. The van der Waals surface area contributed by atoms with Gasteiger partial charge in [0.1, 0.15) is 5.69 Å². The third-order valence-corrected chi connectivity index (χ3v) is 3.64. The van der Waals surface area contributed by atoms with E-state index in [-0.39, 0.29) is 17.6 Å². The zero-order chi connectivity index (χ0) is 13.4. The first-order chi connectivity index (χ1) is 8.45. The molecule has 0 radical (unpaired) electrons. The molecule has 5 nitrogen and oxygen atoms in total. The fraction of sp³-hybridized carbons (Fsp3) is 0.538. The van der Waals surface area contributed by atoms with Gasteiger partial charge in [-0.2, -0.15) is 0 Å². The van der Waals surface area contributed by atoms with E-state index in [0.717, 1.165) is 12.8 Å². The number of carboxylic acid groups (broad SMARTS) is 1. The van der Waals surface area contributed by atoms with Crippen LogP contribution in [0.3, 0.4) is 0 Å². The van der Waals surface area contributed by atoms with Gasteiger partial charge in [-0.15, -0.1) is 0 Å². The molecule has 98 valence electrons. The van der Waals surface area contributed by atoms with Crippen LogP contribution in [0.4, 0.5) is 0 Å². The van der Waals surface area contributed by atoms with Crippen LogP contribution in [0.1, 0.15) is 51.9 Å². The number of aromatic carboxylic acids is 1. The molecule has 0 aromatic carbocycles. The van der Waals surface area contributed by atoms with Gasteiger partial charge in [0.15, 0.2) is 0 Å². The summed E-state index contributed by atoms with van der Waals surface area (Å²) in [4.78, 5) is 25.8. The maximum atomic E-state index is 12.1. The van der Waals surface area contributed by atoms with Crippen LogP contribution in [0.2, 0.25) is 0 Å². The van der Waals surface area contributed by atoms with Crippen molar-refractivity contribution in [2.24, 2.45) is 5.92 Å². The maximum absolute atomic E-state index is 12.1. The monoisotopic (exact) mass is 250 g/mol. The molecule has 1 fully saturated rings. The van der Waals surface area contributed by atoms with Gasteiger partial charge in [-0.05, 0) is 31.7 Å². The summed E-state index contributed by atoms with van der Waals surface area (Å²) >= 11 is 0. The SMILES string of the molecule is CCC1CC1NC(=O)c1c(C)[nH]c(C(=O)O)c1C. The van der Waals surface area contributed by atoms with Gasteiger partial charge >= 0.3 is 5.97 Å². The highest BCUT2D eigenvalue weighted by molar-refractivity contribution is 6.01. The lowest BCUT2D eigenvalue weighted by Gasteiger charge is -2.05. The Morgan fingerprint density at radius 3 is 2.56 bits per heavy atom. The van der Waals surface area contributed by atoms with Gasteiger partial charge in [-0.25, -0.2) is 4.79 Å². The molecule has 1 aliphatic carbocycles. The Labute approximate surface area is 106 Å². The molecule has 2 atom stereocenters. The van der Waals surface area contributed by atoms with Crippen molar-refractivity contribution >= 4 is 11.9 Å². The summed E-state index contributed by atoms with van der Waals surface area (Å²) in [5, 5.41) is 11.9. The first kappa shape index (κ1) is 12.7. The molecule has 2 unspecified atom stereocenters. The lowest BCUT2D eigenvalue weighted by molar-refractivity contribution is 0.0690. The molecule has 2 rings (SSSR count). The molecule has 18 heavy (non-hydrogen) atoms. The van der Waals surface area contributed by atoms with Crippen molar-refractivity contribution in [3.8, 4) is 0 Å². The van der Waals surface area contributed by atoms with Crippen LogP contribution in [0.25, 0.3) is 0 Å². The number of nitrogens with one attached hydrogen (secondary N) is 2. The van der Waals surface area contributed by atoms with E-state index in [4.69, 9.17) is 5.11 Å². The van der Waals surface area contributed by atoms with Crippen molar-refractivity contribution < 1.29 is 14.7 Å². The summed E-state index contributed by atoms with van der Waals surface area (Å²) < 4.78 is 0. The van der Waals surface area contributed by atoms with Gasteiger partial charge in [0.2, 0.25) is 0 Å². The molecule has 5 heteroatoms. The van der Waals surface area contributed by atoms with Crippen LogP contribution in [-0.2, 0) is 0 Å². The third-order valence-electron chi connectivity index (χ3n) is 3.64. The molecule has 1 saturated carbocycles. The highest BCUT2D eigenvalue weighted by Gasteiger charge is 2.37. The van der Waals surface area contributed by atoms with E-state index in [2.05, 4.69) is 17.2 Å². The number of carbonyl (C=O) groups is 2. The van der Waals surface area contributed by atoms with E-state index in [1.807, 2.05) is 0 Å². The Kier molecular flexibility index (Phi) is 3.15. The standard InChI is InChI=1S/C13H18N2O3/c1-4-8-5-9(8)15-12(16)10-6(2)11(13(17)18)14-7(10)3/h8-9,14H,4-5H2,1-3H3,(H,15,16)(H,17,18). The smallest absolute Gasteiger partial charge is 0.352 e. The van der Waals surface area contributed by atoms with Gasteiger partial charge < -0.3 is 15.4 Å². The van der Waals surface area contributed by atoms with E-state index < -0.39 is 5.97 Å². The Hall–Kier alpha value is -1.78. The van der Waals surface area contributed by atoms with Crippen molar-refractivity contribution in [3.05, 3.63) is 22.5 Å². The third kappa shape index (κ3) is 2.12. The van der Waals surface area contributed by atoms with E-state index >= 15 is 0 Å². The van der Waals surface area contributed by atoms with Gasteiger partial charge in [-0.3, -0.25) is 4.79 Å². The zero-order valence-electron chi connectivity index (χ0n) is 10.8. The topological polar surface area (TPSA) is 82.2 Å². The molecule has 0 saturated heterocycles. The highest BCUT2D eigenvalue weighted by Crippen LogP contribution is 2.33. The second kappa shape index (κ2) is 4.48. The molecular formula is C13H18N2O3. The summed E-state index contributed by atoms with van der Waals surface area (Å²) in [6.07, 6.45) is 2.09. The number of amides is 1. The number of H-pyrrole nitrogens is 1. The summed E-state index contributed by atoms with van der Waals surface area (Å²) in [5.74, 6) is -0.630. The van der Waals surface area contributed by atoms with Crippen molar-refractivity contribution in [1.29, 1.82) is 0 Å². The minimum absolute atomic E-state index is 0.0977. The van der Waals surface area contributed by atoms with Crippen molar-refractivity contribution in [3.63, 3.8) is 0 Å². The van der Waals surface area contributed by atoms with Crippen molar-refractivity contribution in [1.82, 2.24) is 10.3 Å². The summed E-state index contributed by atoms with van der Waals surface area (Å²) in [5.41, 5.74) is 1.68. The fourth-order valence-corrected chi connectivity index (χ4v) is 2.42. The van der Waals surface area contributed by atoms with Crippen LogP contribution in [0, 0.1) is 19.8 Å². The molecule has 0 spiro atoms. The van der Waals surface area contributed by atoms with E-state index in [1.165, 1.54) is 0 Å². The second-order valence-electron chi connectivity index (χ2n) is 4.91. The van der Waals surface area contributed by atoms with Gasteiger partial charge in [0.05, 0.1) is 5.56 Å². The quantitative estimate of drug-likeness (QED) is 0.762. The number of hydrogen-bond donors (Lipinski definition) is 3.